The maximum atomic E-state index is 8.92. The third-order valence-corrected chi connectivity index (χ3v) is 1.57. The average molecular weight is 163 g/mol. The number of aliphatic hydroxyl groups is 1. The van der Waals surface area contributed by atoms with Gasteiger partial charge in [-0.05, 0) is 18.5 Å². The van der Waals surface area contributed by atoms with Crippen molar-refractivity contribution in [1.29, 1.82) is 0 Å². The van der Waals surface area contributed by atoms with E-state index in [1.54, 1.807) is 0 Å². The van der Waals surface area contributed by atoms with Crippen molar-refractivity contribution in [2.75, 3.05) is 6.61 Å². The van der Waals surface area contributed by atoms with Crippen LogP contribution in [0, 0.1) is 0 Å². The molecule has 0 aliphatic heterocycles. The van der Waals surface area contributed by atoms with Gasteiger partial charge in [-0.1, -0.05) is 0 Å². The molecule has 0 spiro atoms. The van der Waals surface area contributed by atoms with Crippen molar-refractivity contribution < 1.29 is 12.6 Å². The van der Waals surface area contributed by atoms with E-state index in [-0.39, 0.29) is 4.88 Å². The highest BCUT2D eigenvalue weighted by Gasteiger charge is 1.98. The normalized spacial score (nSPS) is 14.2. The lowest BCUT2D eigenvalue weighted by atomic mass is 10.5. The SMILES string of the molecule is [3H]C([3H])(O)c1cc(OCC)ns1. The van der Waals surface area contributed by atoms with Crippen LogP contribution in [-0.4, -0.2) is 16.1 Å². The minimum atomic E-state index is -2.31. The molecule has 0 aliphatic rings. The Morgan fingerprint density at radius 3 is 3.30 bits per heavy atom. The maximum absolute atomic E-state index is 8.92. The molecule has 1 aromatic rings. The summed E-state index contributed by atoms with van der Waals surface area (Å²) in [5, 5.41) is 8.92. The summed E-state index contributed by atoms with van der Waals surface area (Å²) >= 11 is 0.896. The monoisotopic (exact) mass is 163 g/mol. The van der Waals surface area contributed by atoms with Crippen molar-refractivity contribution in [3.63, 3.8) is 0 Å². The van der Waals surface area contributed by atoms with Gasteiger partial charge in [-0.3, -0.25) is 0 Å². The van der Waals surface area contributed by atoms with E-state index in [4.69, 9.17) is 12.6 Å². The Bertz CT molecular complexity index is 258. The predicted octanol–water partition coefficient (Wildman–Crippen LogP) is 1.03. The number of nitrogens with zero attached hydrogens (tertiary/aromatic N) is 1. The summed E-state index contributed by atoms with van der Waals surface area (Å²) in [5.74, 6) is 0.357. The zero-order valence-corrected chi connectivity index (χ0v) is 6.31. The minimum absolute atomic E-state index is 0.158. The molecule has 0 bridgehead atoms. The molecule has 0 amide bonds. The van der Waals surface area contributed by atoms with Gasteiger partial charge >= 0.3 is 0 Å². The molecular weight excluding hydrogens is 150 g/mol. The van der Waals surface area contributed by atoms with Crippen LogP contribution in [0.2, 0.25) is 0 Å². The summed E-state index contributed by atoms with van der Waals surface area (Å²) in [5.41, 5.74) is 0. The summed E-state index contributed by atoms with van der Waals surface area (Å²) in [7, 11) is 0. The molecule has 10 heavy (non-hydrogen) atoms. The van der Waals surface area contributed by atoms with Crippen molar-refractivity contribution >= 4 is 11.5 Å². The Labute approximate surface area is 66.2 Å². The average Bonchev–Trinajstić information content (AvgIpc) is 2.35. The number of hydrogen-bond acceptors (Lipinski definition) is 4. The maximum Gasteiger partial charge on any atom is 0.225 e. The highest BCUT2D eigenvalue weighted by Crippen LogP contribution is 2.15. The second-order valence-corrected chi connectivity index (χ2v) is 2.38. The van der Waals surface area contributed by atoms with Crippen LogP contribution in [0.4, 0.5) is 0 Å². The number of hydrogen-bond donors (Lipinski definition) is 1. The Balaban J connectivity index is 2.77. The summed E-state index contributed by atoms with van der Waals surface area (Å²) in [6.07, 6.45) is 0. The molecule has 0 saturated carbocycles. The van der Waals surface area contributed by atoms with E-state index in [0.717, 1.165) is 11.5 Å². The molecule has 0 aliphatic carbocycles. The van der Waals surface area contributed by atoms with Crippen LogP contribution in [0.25, 0.3) is 0 Å². The van der Waals surface area contributed by atoms with E-state index in [1.165, 1.54) is 6.07 Å². The first kappa shape index (κ1) is 5.09. The summed E-state index contributed by atoms with van der Waals surface area (Å²) in [6.45, 7) is -0.0166. The molecule has 1 N–H and O–H groups in total. The standard InChI is InChI=1S/C6H9NO2S/c1-2-9-6-3-5(4-8)10-7-6/h3,8H,2,4H2,1H3/i4T2. The van der Waals surface area contributed by atoms with Crippen molar-refractivity contribution in [3.8, 4) is 5.88 Å². The van der Waals surface area contributed by atoms with Crippen LogP contribution in [-0.2, 0) is 6.56 Å². The Kier molecular flexibility index (Phi) is 1.80. The number of rotatable bonds is 3. The van der Waals surface area contributed by atoms with Gasteiger partial charge < -0.3 is 9.84 Å². The molecular formula is C6H9NO2S. The van der Waals surface area contributed by atoms with Crippen molar-refractivity contribution in [2.24, 2.45) is 0 Å². The van der Waals surface area contributed by atoms with Crippen LogP contribution in [0.1, 0.15) is 14.5 Å². The molecule has 0 atom stereocenters. The topological polar surface area (TPSA) is 42.4 Å². The number of aromatic nitrogens is 1. The quantitative estimate of drug-likeness (QED) is 0.723. The smallest absolute Gasteiger partial charge is 0.225 e. The zero-order valence-electron chi connectivity index (χ0n) is 7.50. The van der Waals surface area contributed by atoms with Gasteiger partial charge in [-0.25, -0.2) is 0 Å². The van der Waals surface area contributed by atoms with Gasteiger partial charge in [0, 0.05) is 6.07 Å². The van der Waals surface area contributed by atoms with Gasteiger partial charge in [0.25, 0.3) is 0 Å². The number of ether oxygens (including phenoxy) is 1. The predicted molar refractivity (Wildman–Crippen MR) is 39.2 cm³/mol. The minimum Gasteiger partial charge on any atom is -0.477 e. The zero-order chi connectivity index (χ0) is 9.19. The van der Waals surface area contributed by atoms with Gasteiger partial charge in [0.05, 0.1) is 20.8 Å². The fourth-order valence-corrected chi connectivity index (χ4v) is 1.02. The Morgan fingerprint density at radius 2 is 2.80 bits per heavy atom. The first-order chi connectivity index (χ1) is 5.54. The Morgan fingerprint density at radius 1 is 2.00 bits per heavy atom. The highest BCUT2D eigenvalue weighted by molar-refractivity contribution is 7.05. The first-order valence-corrected chi connectivity index (χ1v) is 3.63. The van der Waals surface area contributed by atoms with E-state index < -0.39 is 6.56 Å². The highest BCUT2D eigenvalue weighted by atomic mass is 32.1. The third kappa shape index (κ3) is 1.68. The summed E-state index contributed by atoms with van der Waals surface area (Å²) < 4.78 is 22.7. The molecule has 56 valence electrons. The largest absolute Gasteiger partial charge is 0.477 e. The van der Waals surface area contributed by atoms with Crippen LogP contribution in [0.5, 0.6) is 5.88 Å². The van der Waals surface area contributed by atoms with E-state index in [1.807, 2.05) is 6.92 Å². The third-order valence-electron chi connectivity index (χ3n) is 0.891. The van der Waals surface area contributed by atoms with Gasteiger partial charge in [-0.2, -0.15) is 4.37 Å². The molecule has 1 aromatic heterocycles. The van der Waals surface area contributed by atoms with E-state index >= 15 is 0 Å². The van der Waals surface area contributed by atoms with Gasteiger partial charge in [0.15, 0.2) is 0 Å². The molecule has 3 nitrogen and oxygen atoms in total. The molecule has 0 fully saturated rings. The van der Waals surface area contributed by atoms with E-state index in [0.29, 0.717) is 12.5 Å². The van der Waals surface area contributed by atoms with Crippen LogP contribution < -0.4 is 4.74 Å². The fraction of sp³-hybridized carbons (Fsp3) is 0.500. The van der Waals surface area contributed by atoms with Crippen molar-refractivity contribution in [2.45, 2.75) is 13.5 Å². The van der Waals surface area contributed by atoms with Crippen LogP contribution in [0.3, 0.4) is 0 Å². The molecule has 1 rings (SSSR count). The molecule has 4 heteroatoms. The van der Waals surface area contributed by atoms with Crippen LogP contribution >= 0.6 is 11.5 Å². The van der Waals surface area contributed by atoms with E-state index in [9.17, 15) is 0 Å². The van der Waals surface area contributed by atoms with Crippen LogP contribution in [0.15, 0.2) is 6.07 Å². The second kappa shape index (κ2) is 3.53. The van der Waals surface area contributed by atoms with Gasteiger partial charge in [0.1, 0.15) is 0 Å². The molecule has 0 aromatic carbocycles. The van der Waals surface area contributed by atoms with Crippen molar-refractivity contribution in [3.05, 3.63) is 10.9 Å². The lowest BCUT2D eigenvalue weighted by Gasteiger charge is -1.92. The van der Waals surface area contributed by atoms with E-state index in [2.05, 4.69) is 4.37 Å². The lowest BCUT2D eigenvalue weighted by molar-refractivity contribution is 0.284. The summed E-state index contributed by atoms with van der Waals surface area (Å²) in [6, 6.07) is 1.40. The molecule has 1 heterocycles. The Hall–Kier alpha value is -0.610. The lowest BCUT2D eigenvalue weighted by Crippen LogP contribution is -1.89. The fourth-order valence-electron chi connectivity index (χ4n) is 0.528. The first-order valence-electron chi connectivity index (χ1n) is 3.86. The van der Waals surface area contributed by atoms with Gasteiger partial charge in [-0.15, -0.1) is 0 Å². The molecule has 0 saturated heterocycles. The van der Waals surface area contributed by atoms with Crippen molar-refractivity contribution in [1.82, 2.24) is 4.37 Å². The second-order valence-electron chi connectivity index (χ2n) is 1.57. The molecule has 0 unspecified atom stereocenters. The molecule has 0 radical (unpaired) electrons. The van der Waals surface area contributed by atoms with Gasteiger partial charge in [0.2, 0.25) is 5.88 Å². The summed E-state index contributed by atoms with van der Waals surface area (Å²) in [4.78, 5) is 0.158.